The number of benzene rings is 1. The number of hydrogen-bond acceptors (Lipinski definition) is 3. The van der Waals surface area contributed by atoms with Crippen molar-refractivity contribution in [1.82, 2.24) is 0 Å². The second-order valence-corrected chi connectivity index (χ2v) is 5.59. The van der Waals surface area contributed by atoms with E-state index in [1.54, 1.807) is 6.07 Å². The van der Waals surface area contributed by atoms with E-state index in [0.717, 1.165) is 12.0 Å². The highest BCUT2D eigenvalue weighted by atomic mass is 35.5. The molecule has 3 nitrogen and oxygen atoms in total. The van der Waals surface area contributed by atoms with Crippen LogP contribution in [0, 0.1) is 11.8 Å². The van der Waals surface area contributed by atoms with Crippen molar-refractivity contribution in [2.45, 2.75) is 33.3 Å². The van der Waals surface area contributed by atoms with Gasteiger partial charge in [-0.3, -0.25) is 4.79 Å². The van der Waals surface area contributed by atoms with E-state index in [1.165, 1.54) is 0 Å². The van der Waals surface area contributed by atoms with Crippen LogP contribution in [-0.4, -0.2) is 12.5 Å². The molecular formula is C15H22ClNO2. The quantitative estimate of drug-likeness (QED) is 0.781. The number of halogens is 1. The van der Waals surface area contributed by atoms with Crippen LogP contribution in [0.1, 0.15) is 32.3 Å². The predicted octanol–water partition coefficient (Wildman–Crippen LogP) is 3.39. The zero-order valence-electron chi connectivity index (χ0n) is 11.6. The molecule has 4 heteroatoms. The molecule has 0 aliphatic rings. The molecule has 0 aliphatic heterocycles. The highest BCUT2D eigenvalue weighted by Gasteiger charge is 2.15. The largest absolute Gasteiger partial charge is 0.461 e. The van der Waals surface area contributed by atoms with Gasteiger partial charge in [-0.05, 0) is 30.9 Å². The van der Waals surface area contributed by atoms with Gasteiger partial charge in [0.05, 0.1) is 0 Å². The van der Waals surface area contributed by atoms with Gasteiger partial charge in [0.15, 0.2) is 0 Å². The molecule has 0 aliphatic carbocycles. The van der Waals surface area contributed by atoms with Gasteiger partial charge in [0, 0.05) is 17.0 Å². The fourth-order valence-corrected chi connectivity index (χ4v) is 2.19. The van der Waals surface area contributed by atoms with Crippen LogP contribution in [0.2, 0.25) is 5.02 Å². The highest BCUT2D eigenvalue weighted by Crippen LogP contribution is 2.18. The summed E-state index contributed by atoms with van der Waals surface area (Å²) in [5.74, 6) is 0.514. The molecule has 0 saturated carbocycles. The summed E-state index contributed by atoms with van der Waals surface area (Å²) in [7, 11) is 0. The molecule has 0 fully saturated rings. The normalized spacial score (nSPS) is 12.5. The van der Waals surface area contributed by atoms with Crippen molar-refractivity contribution in [3.63, 3.8) is 0 Å². The fourth-order valence-electron chi connectivity index (χ4n) is 2.00. The van der Waals surface area contributed by atoms with E-state index in [4.69, 9.17) is 22.1 Å². The molecule has 1 aromatic rings. The maximum Gasteiger partial charge on any atom is 0.306 e. The number of carbonyl (C=O) groups excluding carboxylic acids is 1. The summed E-state index contributed by atoms with van der Waals surface area (Å²) in [4.78, 5) is 11.8. The second kappa shape index (κ2) is 8.18. The molecule has 106 valence electrons. The summed E-state index contributed by atoms with van der Waals surface area (Å²) in [6.45, 7) is 4.98. The summed E-state index contributed by atoms with van der Waals surface area (Å²) < 4.78 is 5.24. The Morgan fingerprint density at radius 3 is 2.63 bits per heavy atom. The summed E-state index contributed by atoms with van der Waals surface area (Å²) in [6.07, 6.45) is 1.32. The molecular weight excluding hydrogens is 262 g/mol. The van der Waals surface area contributed by atoms with Crippen LogP contribution < -0.4 is 5.73 Å². The lowest BCUT2D eigenvalue weighted by Crippen LogP contribution is -2.21. The molecule has 0 aromatic heterocycles. The van der Waals surface area contributed by atoms with Crippen molar-refractivity contribution in [2.75, 3.05) is 6.54 Å². The summed E-state index contributed by atoms with van der Waals surface area (Å²) in [5.41, 5.74) is 6.50. The van der Waals surface area contributed by atoms with Gasteiger partial charge in [-0.25, -0.2) is 0 Å². The average Bonchev–Trinajstić information content (AvgIpc) is 2.36. The van der Waals surface area contributed by atoms with Gasteiger partial charge < -0.3 is 10.5 Å². The topological polar surface area (TPSA) is 52.3 Å². The minimum absolute atomic E-state index is 0.193. The maximum atomic E-state index is 11.8. The molecule has 0 heterocycles. The first-order valence-electron chi connectivity index (χ1n) is 6.62. The Morgan fingerprint density at radius 2 is 2.05 bits per heavy atom. The first kappa shape index (κ1) is 16.0. The zero-order valence-corrected chi connectivity index (χ0v) is 12.3. The van der Waals surface area contributed by atoms with Crippen molar-refractivity contribution < 1.29 is 9.53 Å². The molecule has 0 amide bonds. The number of esters is 1. The van der Waals surface area contributed by atoms with E-state index in [0.29, 0.717) is 23.9 Å². The lowest BCUT2D eigenvalue weighted by molar-refractivity contribution is -0.146. The molecule has 0 radical (unpaired) electrons. The lowest BCUT2D eigenvalue weighted by Gasteiger charge is -2.16. The van der Waals surface area contributed by atoms with Crippen LogP contribution in [-0.2, 0) is 16.1 Å². The highest BCUT2D eigenvalue weighted by molar-refractivity contribution is 6.31. The van der Waals surface area contributed by atoms with E-state index in [2.05, 4.69) is 13.8 Å². The Morgan fingerprint density at radius 1 is 1.37 bits per heavy atom. The van der Waals surface area contributed by atoms with Crippen LogP contribution in [0.25, 0.3) is 0 Å². The van der Waals surface area contributed by atoms with Gasteiger partial charge in [-0.2, -0.15) is 0 Å². The van der Waals surface area contributed by atoms with E-state index >= 15 is 0 Å². The fraction of sp³-hybridized carbons (Fsp3) is 0.533. The van der Waals surface area contributed by atoms with Crippen LogP contribution in [0.5, 0.6) is 0 Å². The number of hydrogen-bond donors (Lipinski definition) is 1. The zero-order chi connectivity index (χ0) is 14.3. The van der Waals surface area contributed by atoms with Crippen molar-refractivity contribution in [2.24, 2.45) is 17.6 Å². The van der Waals surface area contributed by atoms with Gasteiger partial charge in [-0.15, -0.1) is 0 Å². The van der Waals surface area contributed by atoms with Crippen molar-refractivity contribution in [3.8, 4) is 0 Å². The molecule has 1 rings (SSSR count). The third-order valence-corrected chi connectivity index (χ3v) is 3.31. The third-order valence-electron chi connectivity index (χ3n) is 2.94. The standard InChI is InChI=1S/C15H22ClNO2/c1-11(2)7-12(9-17)8-15(18)19-10-13-5-3-4-6-14(13)16/h3-6,11-12H,7-10,17H2,1-2H3/t12-/m0/s1. The summed E-state index contributed by atoms with van der Waals surface area (Å²) in [5, 5.41) is 0.618. The van der Waals surface area contributed by atoms with Gasteiger partial charge in [0.2, 0.25) is 0 Å². The predicted molar refractivity (Wildman–Crippen MR) is 77.9 cm³/mol. The number of carbonyl (C=O) groups is 1. The second-order valence-electron chi connectivity index (χ2n) is 5.19. The first-order valence-corrected chi connectivity index (χ1v) is 6.99. The van der Waals surface area contributed by atoms with Crippen LogP contribution in [0.4, 0.5) is 0 Å². The molecule has 2 N–H and O–H groups in total. The Hall–Kier alpha value is -1.06. The monoisotopic (exact) mass is 283 g/mol. The van der Waals surface area contributed by atoms with Crippen LogP contribution in [0.3, 0.4) is 0 Å². The number of rotatable bonds is 7. The van der Waals surface area contributed by atoms with Gasteiger partial charge in [-0.1, -0.05) is 43.6 Å². The Bertz CT molecular complexity index is 407. The van der Waals surface area contributed by atoms with E-state index in [-0.39, 0.29) is 18.5 Å². The van der Waals surface area contributed by atoms with Gasteiger partial charge in [0.25, 0.3) is 0 Å². The number of ether oxygens (including phenoxy) is 1. The summed E-state index contributed by atoms with van der Waals surface area (Å²) in [6, 6.07) is 7.35. The maximum absolute atomic E-state index is 11.8. The van der Waals surface area contributed by atoms with Gasteiger partial charge >= 0.3 is 5.97 Å². The van der Waals surface area contributed by atoms with E-state index in [1.807, 2.05) is 18.2 Å². The smallest absolute Gasteiger partial charge is 0.306 e. The van der Waals surface area contributed by atoms with Crippen molar-refractivity contribution >= 4 is 17.6 Å². The minimum Gasteiger partial charge on any atom is -0.461 e. The third kappa shape index (κ3) is 6.08. The molecule has 0 unspecified atom stereocenters. The average molecular weight is 284 g/mol. The first-order chi connectivity index (χ1) is 9.02. The SMILES string of the molecule is CC(C)C[C@H](CN)CC(=O)OCc1ccccc1Cl. The van der Waals surface area contributed by atoms with Crippen LogP contribution >= 0.6 is 11.6 Å². The van der Waals surface area contributed by atoms with E-state index in [9.17, 15) is 4.79 Å². The number of nitrogens with two attached hydrogens (primary N) is 1. The lowest BCUT2D eigenvalue weighted by atomic mass is 9.94. The van der Waals surface area contributed by atoms with Gasteiger partial charge in [0.1, 0.15) is 6.61 Å². The molecule has 0 spiro atoms. The Labute approximate surface area is 120 Å². The molecule has 1 atom stereocenters. The van der Waals surface area contributed by atoms with Crippen molar-refractivity contribution in [1.29, 1.82) is 0 Å². The molecule has 19 heavy (non-hydrogen) atoms. The van der Waals surface area contributed by atoms with Crippen molar-refractivity contribution in [3.05, 3.63) is 34.9 Å². The molecule has 0 saturated heterocycles. The summed E-state index contributed by atoms with van der Waals surface area (Å²) >= 11 is 6.00. The molecule has 0 bridgehead atoms. The Balaban J connectivity index is 2.41. The molecule has 1 aromatic carbocycles. The minimum atomic E-state index is -0.212. The van der Waals surface area contributed by atoms with E-state index < -0.39 is 0 Å². The van der Waals surface area contributed by atoms with Crippen LogP contribution in [0.15, 0.2) is 24.3 Å². The Kier molecular flexibility index (Phi) is 6.89.